The Hall–Kier alpha value is -0.650. The summed E-state index contributed by atoms with van der Waals surface area (Å²) in [7, 11) is 0. The monoisotopic (exact) mass is 446 g/mol. The molecule has 5 heteroatoms. The molecule has 30 heavy (non-hydrogen) atoms. The molecule has 0 N–H and O–H groups in total. The van der Waals surface area contributed by atoms with Crippen molar-refractivity contribution in [3.05, 3.63) is 35.9 Å². The minimum absolute atomic E-state index is 0.409. The third kappa shape index (κ3) is 6.67. The fourth-order valence-electron chi connectivity index (χ4n) is 5.24. The van der Waals surface area contributed by atoms with Gasteiger partial charge >= 0.3 is 0 Å². The molecule has 1 aromatic carbocycles. The lowest BCUT2D eigenvalue weighted by atomic mass is 9.89. The van der Waals surface area contributed by atoms with Crippen molar-refractivity contribution in [3.8, 4) is 0 Å². The fraction of sp³-hybridized carbons (Fsp3) is 0.720. The Balaban J connectivity index is 1.12. The highest BCUT2D eigenvalue weighted by Gasteiger charge is 2.27. The maximum atomic E-state index is 12.8. The first kappa shape index (κ1) is 22.5. The zero-order valence-corrected chi connectivity index (χ0v) is 20.0. The van der Waals surface area contributed by atoms with Gasteiger partial charge in [-0.3, -0.25) is 9.69 Å². The van der Waals surface area contributed by atoms with Crippen LogP contribution in [0.5, 0.6) is 0 Å². The summed E-state index contributed by atoms with van der Waals surface area (Å²) in [4.78, 5) is 17.7. The number of thioether (sulfide) groups is 2. The van der Waals surface area contributed by atoms with E-state index in [4.69, 9.17) is 0 Å². The molecule has 1 amide bonds. The summed E-state index contributed by atoms with van der Waals surface area (Å²) in [6, 6.07) is 11.6. The highest BCUT2D eigenvalue weighted by Crippen LogP contribution is 2.28. The first-order chi connectivity index (χ1) is 14.8. The van der Waals surface area contributed by atoms with Gasteiger partial charge in [0, 0.05) is 48.6 Å². The van der Waals surface area contributed by atoms with Crippen LogP contribution in [0.3, 0.4) is 0 Å². The summed E-state index contributed by atoms with van der Waals surface area (Å²) in [6.07, 6.45) is 7.94. The van der Waals surface area contributed by atoms with Crippen LogP contribution in [0.25, 0.3) is 0 Å². The molecule has 3 heterocycles. The Morgan fingerprint density at radius 1 is 0.867 bits per heavy atom. The van der Waals surface area contributed by atoms with E-state index in [1.54, 1.807) is 0 Å². The summed E-state index contributed by atoms with van der Waals surface area (Å²) < 4.78 is 0. The van der Waals surface area contributed by atoms with Crippen molar-refractivity contribution in [2.45, 2.75) is 51.0 Å². The van der Waals surface area contributed by atoms with Gasteiger partial charge in [0.2, 0.25) is 5.91 Å². The molecule has 3 aliphatic rings. The number of rotatable bonds is 6. The zero-order valence-electron chi connectivity index (χ0n) is 18.3. The summed E-state index contributed by atoms with van der Waals surface area (Å²) >= 11 is 4.27. The van der Waals surface area contributed by atoms with Gasteiger partial charge in [0.15, 0.2) is 0 Å². The van der Waals surface area contributed by atoms with Crippen LogP contribution in [0.2, 0.25) is 0 Å². The number of carbonyl (C=O) groups is 1. The summed E-state index contributed by atoms with van der Waals surface area (Å²) in [5.41, 5.74) is 1.44. The molecule has 3 saturated heterocycles. The molecule has 0 aliphatic carbocycles. The van der Waals surface area contributed by atoms with E-state index in [1.165, 1.54) is 60.9 Å². The largest absolute Gasteiger partial charge is 0.343 e. The quantitative estimate of drug-likeness (QED) is 0.626. The van der Waals surface area contributed by atoms with Crippen molar-refractivity contribution in [2.75, 3.05) is 49.2 Å². The number of amides is 1. The summed E-state index contributed by atoms with van der Waals surface area (Å²) in [6.45, 7) is 4.42. The minimum atomic E-state index is 0.409. The van der Waals surface area contributed by atoms with E-state index in [-0.39, 0.29) is 0 Å². The van der Waals surface area contributed by atoms with Gasteiger partial charge in [-0.1, -0.05) is 30.3 Å². The number of nitrogens with zero attached hydrogens (tertiary/aromatic N) is 2. The SMILES string of the molecule is O=C(CCC1CCN(C2CSCCSC2)CC1)N1CCC(Cc2ccccc2)CC1. The molecule has 1 aromatic rings. The Kier molecular flexibility index (Phi) is 8.88. The Morgan fingerprint density at radius 3 is 2.17 bits per heavy atom. The van der Waals surface area contributed by atoms with Crippen molar-refractivity contribution < 1.29 is 4.79 Å². The summed E-state index contributed by atoms with van der Waals surface area (Å²) in [5.74, 6) is 7.18. The number of hydrogen-bond donors (Lipinski definition) is 0. The van der Waals surface area contributed by atoms with E-state index in [2.05, 4.69) is 63.7 Å². The fourth-order valence-corrected chi connectivity index (χ4v) is 7.87. The van der Waals surface area contributed by atoms with E-state index in [0.29, 0.717) is 5.91 Å². The molecule has 0 bridgehead atoms. The Labute approximate surface area is 191 Å². The predicted octanol–water partition coefficient (Wildman–Crippen LogP) is 4.81. The average Bonchev–Trinajstić information content (AvgIpc) is 3.09. The average molecular weight is 447 g/mol. The molecule has 4 rings (SSSR count). The molecule has 3 nitrogen and oxygen atoms in total. The van der Waals surface area contributed by atoms with Gasteiger partial charge < -0.3 is 4.90 Å². The maximum absolute atomic E-state index is 12.8. The van der Waals surface area contributed by atoms with Gasteiger partial charge in [0.05, 0.1) is 0 Å². The van der Waals surface area contributed by atoms with E-state index in [0.717, 1.165) is 56.7 Å². The van der Waals surface area contributed by atoms with Crippen LogP contribution in [-0.2, 0) is 11.2 Å². The number of hydrogen-bond acceptors (Lipinski definition) is 4. The van der Waals surface area contributed by atoms with Gasteiger partial charge in [-0.05, 0) is 69.0 Å². The van der Waals surface area contributed by atoms with Gasteiger partial charge in [-0.15, -0.1) is 0 Å². The lowest BCUT2D eigenvalue weighted by molar-refractivity contribution is -0.133. The number of piperidine rings is 2. The number of carbonyl (C=O) groups excluding carboxylic acids is 1. The number of likely N-dealkylation sites (tertiary alicyclic amines) is 2. The van der Waals surface area contributed by atoms with E-state index in [9.17, 15) is 4.79 Å². The van der Waals surface area contributed by atoms with Crippen LogP contribution >= 0.6 is 23.5 Å². The molecule has 0 aromatic heterocycles. The lowest BCUT2D eigenvalue weighted by Gasteiger charge is -2.37. The maximum Gasteiger partial charge on any atom is 0.222 e. The topological polar surface area (TPSA) is 23.6 Å². The van der Waals surface area contributed by atoms with Crippen molar-refractivity contribution in [3.63, 3.8) is 0 Å². The minimum Gasteiger partial charge on any atom is -0.343 e. The van der Waals surface area contributed by atoms with E-state index < -0.39 is 0 Å². The van der Waals surface area contributed by atoms with Gasteiger partial charge in [0.25, 0.3) is 0 Å². The first-order valence-corrected chi connectivity index (χ1v) is 14.3. The highest BCUT2D eigenvalue weighted by molar-refractivity contribution is 8.03. The van der Waals surface area contributed by atoms with Crippen molar-refractivity contribution >= 4 is 29.4 Å². The van der Waals surface area contributed by atoms with Gasteiger partial charge in [-0.25, -0.2) is 0 Å². The second kappa shape index (κ2) is 11.8. The first-order valence-electron chi connectivity index (χ1n) is 12.0. The van der Waals surface area contributed by atoms with Crippen molar-refractivity contribution in [2.24, 2.45) is 11.8 Å². The van der Waals surface area contributed by atoms with Gasteiger partial charge in [-0.2, -0.15) is 23.5 Å². The normalized spacial score (nSPS) is 23.4. The predicted molar refractivity (Wildman–Crippen MR) is 131 cm³/mol. The molecule has 0 spiro atoms. The Bertz CT molecular complexity index is 632. The summed E-state index contributed by atoms with van der Waals surface area (Å²) in [5, 5.41) is 0. The van der Waals surface area contributed by atoms with Crippen LogP contribution < -0.4 is 0 Å². The molecule has 3 fully saturated rings. The highest BCUT2D eigenvalue weighted by atomic mass is 32.2. The smallest absolute Gasteiger partial charge is 0.222 e. The molecule has 0 radical (unpaired) electrons. The van der Waals surface area contributed by atoms with E-state index >= 15 is 0 Å². The third-order valence-corrected chi connectivity index (χ3v) is 9.74. The van der Waals surface area contributed by atoms with Crippen LogP contribution in [0.15, 0.2) is 30.3 Å². The van der Waals surface area contributed by atoms with Crippen molar-refractivity contribution in [1.29, 1.82) is 0 Å². The number of benzene rings is 1. The van der Waals surface area contributed by atoms with Crippen LogP contribution in [0, 0.1) is 11.8 Å². The molecular formula is C25H38N2OS2. The van der Waals surface area contributed by atoms with Crippen LogP contribution in [0.1, 0.15) is 44.1 Å². The Morgan fingerprint density at radius 2 is 1.50 bits per heavy atom. The second-order valence-electron chi connectivity index (χ2n) is 9.34. The third-order valence-electron chi connectivity index (χ3n) is 7.26. The molecule has 3 aliphatic heterocycles. The van der Waals surface area contributed by atoms with Crippen LogP contribution in [-0.4, -0.2) is 70.9 Å². The van der Waals surface area contributed by atoms with Crippen LogP contribution in [0.4, 0.5) is 0 Å². The molecule has 0 atom stereocenters. The second-order valence-corrected chi connectivity index (χ2v) is 11.6. The molecule has 166 valence electrons. The standard InChI is InChI=1S/C25H38N2OS2/c28-25(27-14-10-23(11-15-27)18-22-4-2-1-3-5-22)7-6-21-8-12-26(13-9-21)24-19-29-16-17-30-20-24/h1-5,21,23-24H,6-20H2. The molecular weight excluding hydrogens is 408 g/mol. The lowest BCUT2D eigenvalue weighted by Crippen LogP contribution is -2.44. The van der Waals surface area contributed by atoms with Crippen molar-refractivity contribution in [1.82, 2.24) is 9.80 Å². The van der Waals surface area contributed by atoms with Gasteiger partial charge in [0.1, 0.15) is 0 Å². The molecule has 0 unspecified atom stereocenters. The molecule has 0 saturated carbocycles. The van der Waals surface area contributed by atoms with E-state index in [1.807, 2.05) is 0 Å². The zero-order chi connectivity index (χ0) is 20.6.